The fraction of sp³-hybridized carbons (Fsp3) is 0.400. The van der Waals surface area contributed by atoms with Gasteiger partial charge in [0.05, 0.1) is 12.1 Å². The Kier molecular flexibility index (Phi) is 5.98. The van der Waals surface area contributed by atoms with E-state index in [1.54, 1.807) is 0 Å². The van der Waals surface area contributed by atoms with E-state index in [4.69, 9.17) is 5.73 Å². The number of nitrogens with two attached hydrogens (primary N) is 1. The van der Waals surface area contributed by atoms with Crippen molar-refractivity contribution in [1.29, 1.82) is 0 Å². The van der Waals surface area contributed by atoms with Crippen molar-refractivity contribution in [3.8, 4) is 0 Å². The monoisotopic (exact) mass is 291 g/mol. The summed E-state index contributed by atoms with van der Waals surface area (Å²) in [6.45, 7) is 1.45. The zero-order valence-electron chi connectivity index (χ0n) is 9.18. The summed E-state index contributed by atoms with van der Waals surface area (Å²) in [5.41, 5.74) is 4.05. The van der Waals surface area contributed by atoms with E-state index in [0.29, 0.717) is 0 Å². The molecule has 0 aliphatic rings. The second-order valence-electron chi connectivity index (χ2n) is 3.48. The molecule has 0 fully saturated rings. The number of benzene rings is 1. The minimum Gasteiger partial charge on any atom is -0.391 e. The van der Waals surface area contributed by atoms with Crippen LogP contribution in [-0.2, 0) is 0 Å². The van der Waals surface area contributed by atoms with Crippen LogP contribution in [0, 0.1) is 29.1 Å². The normalized spacial score (nSPS) is 14.0. The molecule has 0 aliphatic carbocycles. The molecule has 0 saturated carbocycles. The second kappa shape index (κ2) is 6.31. The maximum atomic E-state index is 13.2. The van der Waals surface area contributed by atoms with Crippen LogP contribution in [0.25, 0.3) is 0 Å². The van der Waals surface area contributed by atoms with Crippen molar-refractivity contribution in [3.05, 3.63) is 34.6 Å². The largest absolute Gasteiger partial charge is 0.391 e. The highest BCUT2D eigenvalue weighted by molar-refractivity contribution is 5.85. The third kappa shape index (κ3) is 2.73. The van der Waals surface area contributed by atoms with Gasteiger partial charge in [0, 0.05) is 5.56 Å². The van der Waals surface area contributed by atoms with Crippen molar-refractivity contribution in [2.75, 3.05) is 0 Å². The van der Waals surface area contributed by atoms with Gasteiger partial charge in [0.25, 0.3) is 0 Å². The van der Waals surface area contributed by atoms with Crippen molar-refractivity contribution >= 4 is 12.4 Å². The van der Waals surface area contributed by atoms with Crippen molar-refractivity contribution in [3.63, 3.8) is 0 Å². The fourth-order valence-electron chi connectivity index (χ4n) is 1.36. The summed E-state index contributed by atoms with van der Waals surface area (Å²) in [5.74, 6) is -10.4. The first-order valence-electron chi connectivity index (χ1n) is 4.77. The highest BCUT2D eigenvalue weighted by atomic mass is 35.5. The molecular weight excluding hydrogens is 281 g/mol. The third-order valence-corrected chi connectivity index (χ3v) is 2.41. The molecule has 0 aliphatic heterocycles. The van der Waals surface area contributed by atoms with Crippen LogP contribution < -0.4 is 5.73 Å². The van der Waals surface area contributed by atoms with Crippen LogP contribution >= 0.6 is 12.4 Å². The molecule has 0 spiro atoms. The zero-order chi connectivity index (χ0) is 13.3. The van der Waals surface area contributed by atoms with Gasteiger partial charge in [-0.15, -0.1) is 12.4 Å². The molecule has 2 atom stereocenters. The summed E-state index contributed by atoms with van der Waals surface area (Å²) in [5, 5.41) is 9.28. The zero-order valence-corrected chi connectivity index (χ0v) is 10.0. The molecule has 0 aromatic heterocycles. The molecule has 3 N–H and O–H groups in total. The number of halogens is 6. The van der Waals surface area contributed by atoms with Gasteiger partial charge in [-0.05, 0) is 6.42 Å². The first-order valence-corrected chi connectivity index (χ1v) is 4.77. The third-order valence-electron chi connectivity index (χ3n) is 2.41. The first-order chi connectivity index (χ1) is 7.82. The van der Waals surface area contributed by atoms with Gasteiger partial charge in [-0.25, -0.2) is 22.0 Å². The Hall–Kier alpha value is -0.920. The molecule has 1 rings (SSSR count). The van der Waals surface area contributed by atoms with Crippen LogP contribution in [-0.4, -0.2) is 11.2 Å². The molecule has 2 nitrogen and oxygen atoms in total. The van der Waals surface area contributed by atoms with Crippen LogP contribution in [0.4, 0.5) is 22.0 Å². The number of aliphatic hydroxyl groups excluding tert-OH is 1. The van der Waals surface area contributed by atoms with Gasteiger partial charge in [0.15, 0.2) is 23.3 Å². The van der Waals surface area contributed by atoms with E-state index in [2.05, 4.69) is 0 Å². The second-order valence-corrected chi connectivity index (χ2v) is 3.48. The summed E-state index contributed by atoms with van der Waals surface area (Å²) in [6.07, 6.45) is -1.39. The van der Waals surface area contributed by atoms with Gasteiger partial charge in [-0.3, -0.25) is 0 Å². The Balaban J connectivity index is 0.00000289. The predicted octanol–water partition coefficient (Wildman–Crippen LogP) is 2.57. The fourth-order valence-corrected chi connectivity index (χ4v) is 1.36. The predicted molar refractivity (Wildman–Crippen MR) is 56.7 cm³/mol. The van der Waals surface area contributed by atoms with Crippen molar-refractivity contribution in [2.45, 2.75) is 25.5 Å². The Morgan fingerprint density at radius 3 is 1.61 bits per heavy atom. The minimum absolute atomic E-state index is 0. The molecule has 0 radical (unpaired) electrons. The summed E-state index contributed by atoms with van der Waals surface area (Å²) in [6, 6.07) is -1.68. The van der Waals surface area contributed by atoms with E-state index < -0.39 is 46.8 Å². The van der Waals surface area contributed by atoms with Crippen LogP contribution in [0.2, 0.25) is 0 Å². The number of hydrogen-bond acceptors (Lipinski definition) is 2. The average Bonchev–Trinajstić information content (AvgIpc) is 2.32. The van der Waals surface area contributed by atoms with Crippen molar-refractivity contribution in [2.24, 2.45) is 5.73 Å². The SMILES string of the molecule is CC[C@@H](O)[C@@H](N)c1c(F)c(F)c(F)c(F)c1F.Cl. The molecule has 18 heavy (non-hydrogen) atoms. The van der Waals surface area contributed by atoms with E-state index in [-0.39, 0.29) is 18.8 Å². The molecule has 1 aromatic rings. The van der Waals surface area contributed by atoms with Crippen molar-refractivity contribution < 1.29 is 27.1 Å². The lowest BCUT2D eigenvalue weighted by Crippen LogP contribution is -2.28. The van der Waals surface area contributed by atoms with Gasteiger partial charge in [0.2, 0.25) is 5.82 Å². The molecule has 1 aromatic carbocycles. The minimum atomic E-state index is -2.25. The Bertz CT molecular complexity index is 414. The Morgan fingerprint density at radius 2 is 1.28 bits per heavy atom. The van der Waals surface area contributed by atoms with E-state index in [1.165, 1.54) is 6.92 Å². The Morgan fingerprint density at radius 1 is 0.944 bits per heavy atom. The molecule has 0 heterocycles. The Labute approximate surface area is 106 Å². The maximum absolute atomic E-state index is 13.2. The molecular formula is C10H11ClF5NO. The van der Waals surface area contributed by atoms with E-state index >= 15 is 0 Å². The molecule has 0 bridgehead atoms. The highest BCUT2D eigenvalue weighted by Gasteiger charge is 2.31. The lowest BCUT2D eigenvalue weighted by molar-refractivity contribution is 0.136. The van der Waals surface area contributed by atoms with Crippen LogP contribution in [0.1, 0.15) is 24.9 Å². The van der Waals surface area contributed by atoms with Gasteiger partial charge in [-0.1, -0.05) is 6.92 Å². The van der Waals surface area contributed by atoms with Crippen LogP contribution in [0.15, 0.2) is 0 Å². The van der Waals surface area contributed by atoms with Gasteiger partial charge in [0.1, 0.15) is 0 Å². The number of aliphatic hydroxyl groups is 1. The maximum Gasteiger partial charge on any atom is 0.200 e. The summed E-state index contributed by atoms with van der Waals surface area (Å²) >= 11 is 0. The lowest BCUT2D eigenvalue weighted by atomic mass is 9.99. The van der Waals surface area contributed by atoms with E-state index in [0.717, 1.165) is 0 Å². The summed E-state index contributed by atoms with van der Waals surface area (Å²) in [7, 11) is 0. The van der Waals surface area contributed by atoms with Gasteiger partial charge in [-0.2, -0.15) is 0 Å². The van der Waals surface area contributed by atoms with Gasteiger partial charge < -0.3 is 10.8 Å². The highest BCUT2D eigenvalue weighted by Crippen LogP contribution is 2.28. The number of hydrogen-bond donors (Lipinski definition) is 2. The van der Waals surface area contributed by atoms with Crippen molar-refractivity contribution in [1.82, 2.24) is 0 Å². The molecule has 0 unspecified atom stereocenters. The van der Waals surface area contributed by atoms with Crippen LogP contribution in [0.5, 0.6) is 0 Å². The number of rotatable bonds is 3. The first kappa shape index (κ1) is 17.1. The molecule has 0 amide bonds. The molecule has 104 valence electrons. The lowest BCUT2D eigenvalue weighted by Gasteiger charge is -2.19. The van der Waals surface area contributed by atoms with Gasteiger partial charge >= 0.3 is 0 Å². The average molecular weight is 292 g/mol. The summed E-state index contributed by atoms with van der Waals surface area (Å²) in [4.78, 5) is 0. The van der Waals surface area contributed by atoms with Crippen LogP contribution in [0.3, 0.4) is 0 Å². The quantitative estimate of drug-likeness (QED) is 0.511. The van der Waals surface area contributed by atoms with E-state index in [1.807, 2.05) is 0 Å². The standard InChI is InChI=1S/C10H10F5NO.ClH/c1-2-3(17)10(16)4-5(11)7(13)9(15)8(14)6(4)12;/h3,10,17H,2,16H2,1H3;1H/t3-,10-;/m1./s1. The summed E-state index contributed by atoms with van der Waals surface area (Å²) < 4.78 is 64.9. The molecule has 8 heteroatoms. The van der Waals surface area contributed by atoms with E-state index in [9.17, 15) is 27.1 Å². The smallest absolute Gasteiger partial charge is 0.200 e. The molecule has 0 saturated heterocycles. The topological polar surface area (TPSA) is 46.2 Å².